The van der Waals surface area contributed by atoms with Crippen molar-refractivity contribution >= 4 is 10.9 Å². The molecule has 0 atom stereocenters. The Morgan fingerprint density at radius 2 is 0.455 bits per heavy atom. The zero-order valence-electron chi connectivity index (χ0n) is 36.7. The second-order valence-corrected chi connectivity index (χ2v) is 18.9. The second kappa shape index (κ2) is 33.0. The minimum atomic E-state index is -0.0930. The maximum absolute atomic E-state index is 2.50. The molecule has 0 nitrogen and oxygen atoms in total. The Kier molecular flexibility index (Phi) is 28.5. The molecule has 3 aromatic rings. The summed E-state index contributed by atoms with van der Waals surface area (Å²) < 4.78 is 0. The molecule has 0 fully saturated rings. The normalized spacial score (nSPS) is 11.6. The van der Waals surface area contributed by atoms with Crippen LogP contribution in [0.3, 0.4) is 0 Å². The van der Waals surface area contributed by atoms with Crippen LogP contribution in [0.25, 0.3) is 0 Å². The number of benzene rings is 3. The first-order valence-electron chi connectivity index (χ1n) is 24.3. The summed E-state index contributed by atoms with van der Waals surface area (Å²) in [6.45, 7) is 6.95. The Morgan fingerprint density at radius 3 is 0.691 bits per heavy atom. The summed E-state index contributed by atoms with van der Waals surface area (Å²) in [4.78, 5) is 4.76. The lowest BCUT2D eigenvalue weighted by Crippen LogP contribution is -2.13. The predicted octanol–water partition coefficient (Wildman–Crippen LogP) is 18.2. The van der Waals surface area contributed by atoms with Gasteiger partial charge in [0.15, 0.2) is 14.7 Å². The Hall–Kier alpha value is -1.99. The van der Waals surface area contributed by atoms with E-state index in [0.29, 0.717) is 0 Å². The first-order valence-corrected chi connectivity index (χ1v) is 25.5. The van der Waals surface area contributed by atoms with Crippen molar-refractivity contribution in [2.45, 2.75) is 247 Å². The van der Waals surface area contributed by atoms with E-state index in [2.05, 4.69) is 93.6 Å². The van der Waals surface area contributed by atoms with Crippen LogP contribution in [0, 0.1) is 0 Å². The lowest BCUT2D eigenvalue weighted by atomic mass is 10.0. The maximum Gasteiger partial charge on any atom is 0.169 e. The number of unbranched alkanes of at least 4 members (excludes halogenated alkanes) is 27. The van der Waals surface area contributed by atoms with Gasteiger partial charge in [-0.05, 0) is 56.7 Å². The van der Waals surface area contributed by atoms with Crippen LogP contribution in [0.4, 0.5) is 0 Å². The number of rotatable bonds is 36. The van der Waals surface area contributed by atoms with Gasteiger partial charge in [0.1, 0.15) is 10.9 Å². The van der Waals surface area contributed by atoms with Crippen LogP contribution < -0.4 is 0 Å². The number of hydrogen-bond donors (Lipinski definition) is 0. The van der Waals surface area contributed by atoms with Crippen molar-refractivity contribution in [1.29, 1.82) is 0 Å². The van der Waals surface area contributed by atoms with Gasteiger partial charge in [-0.25, -0.2) is 0 Å². The van der Waals surface area contributed by atoms with Crippen LogP contribution in [-0.2, 0) is 30.2 Å². The molecule has 3 aromatic carbocycles. The summed E-state index contributed by atoms with van der Waals surface area (Å²) in [6, 6.07) is 28.8. The van der Waals surface area contributed by atoms with E-state index in [4.69, 9.17) is 0 Å². The summed E-state index contributed by atoms with van der Waals surface area (Å²) >= 11 is 0. The third kappa shape index (κ3) is 20.8. The van der Waals surface area contributed by atoms with E-state index in [9.17, 15) is 0 Å². The quantitative estimate of drug-likeness (QED) is 0.0408. The third-order valence-electron chi connectivity index (χ3n) is 12.0. The van der Waals surface area contributed by atoms with Crippen molar-refractivity contribution in [3.8, 4) is 0 Å². The number of aryl methyl sites for hydroxylation is 3. The molecule has 0 bridgehead atoms. The summed E-state index contributed by atoms with van der Waals surface area (Å²) in [5, 5.41) is 0. The fourth-order valence-electron chi connectivity index (χ4n) is 8.49. The molecule has 0 N–H and O–H groups in total. The Morgan fingerprint density at radius 1 is 0.255 bits per heavy atom. The van der Waals surface area contributed by atoms with Crippen molar-refractivity contribution < 1.29 is 0 Å². The SMILES string of the molecule is CCCCCCCCCCCCc1ccccc1[S+](c1ccccc1CCCCCCCCCCCC)c1ccccc1CCCCCCCCCCCC. The molecule has 308 valence electrons. The fraction of sp³-hybridized carbons (Fsp3) is 0.667. The first-order chi connectivity index (χ1) is 27.3. The van der Waals surface area contributed by atoms with Gasteiger partial charge in [-0.15, -0.1) is 0 Å². The Labute approximate surface area is 346 Å². The van der Waals surface area contributed by atoms with Gasteiger partial charge in [-0.3, -0.25) is 0 Å². The highest BCUT2D eigenvalue weighted by atomic mass is 32.2. The van der Waals surface area contributed by atoms with E-state index in [1.807, 2.05) is 0 Å². The minimum absolute atomic E-state index is 0.0930. The standard InChI is InChI=1S/C54H87S/c1-4-7-10-13-16-19-22-25-28-31-40-49-43-34-37-46-52(49)55(53-47-38-35-44-50(53)41-32-29-26-23-20-17-14-11-8-5-2)54-48-39-36-45-51(54)42-33-30-27-24-21-18-15-12-9-6-3/h34-39,43-48H,4-33,40-42H2,1-3H3/q+1. The average molecular weight is 768 g/mol. The molecule has 0 radical (unpaired) electrons. The van der Waals surface area contributed by atoms with Crippen LogP contribution in [-0.4, -0.2) is 0 Å². The molecule has 0 aliphatic heterocycles. The molecular formula is C54H87S+. The molecule has 1 heteroatoms. The van der Waals surface area contributed by atoms with Gasteiger partial charge in [-0.2, -0.15) is 0 Å². The van der Waals surface area contributed by atoms with Crippen LogP contribution in [0.2, 0.25) is 0 Å². The molecule has 0 aliphatic rings. The maximum atomic E-state index is 2.50. The zero-order chi connectivity index (χ0) is 38.9. The van der Waals surface area contributed by atoms with Crippen molar-refractivity contribution in [2.75, 3.05) is 0 Å². The molecular weight excluding hydrogens is 681 g/mol. The van der Waals surface area contributed by atoms with Crippen molar-refractivity contribution in [3.05, 3.63) is 89.5 Å². The Bertz CT molecular complexity index is 1150. The highest BCUT2D eigenvalue weighted by Crippen LogP contribution is 2.38. The van der Waals surface area contributed by atoms with Gasteiger partial charge in [-0.1, -0.05) is 249 Å². The average Bonchev–Trinajstić information content (AvgIpc) is 3.21. The third-order valence-corrected chi connectivity index (χ3v) is 14.5. The summed E-state index contributed by atoms with van der Waals surface area (Å²) in [5.74, 6) is 0. The molecule has 0 heterocycles. The number of hydrogen-bond acceptors (Lipinski definition) is 0. The smallest absolute Gasteiger partial charge is 0.0654 e. The molecule has 0 saturated heterocycles. The minimum Gasteiger partial charge on any atom is -0.0654 e. The lowest BCUT2D eigenvalue weighted by Gasteiger charge is -2.17. The summed E-state index contributed by atoms with van der Waals surface area (Å²) in [7, 11) is -0.0930. The van der Waals surface area contributed by atoms with Crippen LogP contribution in [0.5, 0.6) is 0 Å². The summed E-state index contributed by atoms with van der Waals surface area (Å²) in [5.41, 5.74) is 4.77. The van der Waals surface area contributed by atoms with Gasteiger partial charge in [0, 0.05) is 16.7 Å². The van der Waals surface area contributed by atoms with E-state index in [1.165, 1.54) is 212 Å². The Balaban J connectivity index is 1.71. The second-order valence-electron chi connectivity index (χ2n) is 16.9. The predicted molar refractivity (Wildman–Crippen MR) is 248 cm³/mol. The van der Waals surface area contributed by atoms with E-state index in [0.717, 1.165) is 0 Å². The monoisotopic (exact) mass is 768 g/mol. The molecule has 0 unspecified atom stereocenters. The molecule has 0 aromatic heterocycles. The van der Waals surface area contributed by atoms with Crippen LogP contribution in [0.15, 0.2) is 87.5 Å². The molecule has 0 amide bonds. The first kappa shape index (κ1) is 47.4. The van der Waals surface area contributed by atoms with E-state index >= 15 is 0 Å². The highest BCUT2D eigenvalue weighted by molar-refractivity contribution is 7.97. The largest absolute Gasteiger partial charge is 0.169 e. The van der Waals surface area contributed by atoms with Gasteiger partial charge >= 0.3 is 0 Å². The van der Waals surface area contributed by atoms with Gasteiger partial charge in [0.25, 0.3) is 0 Å². The summed E-state index contributed by atoms with van der Waals surface area (Å²) in [6.07, 6.45) is 45.5. The molecule has 0 saturated carbocycles. The van der Waals surface area contributed by atoms with Gasteiger partial charge in [0.2, 0.25) is 0 Å². The van der Waals surface area contributed by atoms with E-state index < -0.39 is 0 Å². The van der Waals surface area contributed by atoms with E-state index in [-0.39, 0.29) is 10.9 Å². The van der Waals surface area contributed by atoms with Crippen molar-refractivity contribution in [2.24, 2.45) is 0 Å². The molecule has 0 aliphatic carbocycles. The molecule has 55 heavy (non-hydrogen) atoms. The van der Waals surface area contributed by atoms with Gasteiger partial charge < -0.3 is 0 Å². The van der Waals surface area contributed by atoms with Crippen LogP contribution in [0.1, 0.15) is 230 Å². The molecule has 0 spiro atoms. The topological polar surface area (TPSA) is 0 Å². The molecule has 3 rings (SSSR count). The zero-order valence-corrected chi connectivity index (χ0v) is 37.5. The van der Waals surface area contributed by atoms with Crippen molar-refractivity contribution in [3.63, 3.8) is 0 Å². The highest BCUT2D eigenvalue weighted by Gasteiger charge is 2.34. The van der Waals surface area contributed by atoms with Crippen LogP contribution >= 0.6 is 0 Å². The van der Waals surface area contributed by atoms with Gasteiger partial charge in [0.05, 0.1) is 0 Å². The fourth-order valence-corrected chi connectivity index (χ4v) is 11.1. The van der Waals surface area contributed by atoms with Crippen molar-refractivity contribution in [1.82, 2.24) is 0 Å². The van der Waals surface area contributed by atoms with E-state index in [1.54, 1.807) is 31.4 Å². The lowest BCUT2D eigenvalue weighted by molar-refractivity contribution is 0.555.